The summed E-state index contributed by atoms with van der Waals surface area (Å²) in [6, 6.07) is 11.2. The lowest BCUT2D eigenvalue weighted by molar-refractivity contribution is -0.274. The van der Waals surface area contributed by atoms with E-state index in [0.29, 0.717) is 21.4 Å². The van der Waals surface area contributed by atoms with Gasteiger partial charge in [0.05, 0.1) is 0 Å². The highest BCUT2D eigenvalue weighted by molar-refractivity contribution is 7.22. The highest BCUT2D eigenvalue weighted by Crippen LogP contribution is 2.53. The summed E-state index contributed by atoms with van der Waals surface area (Å²) in [7, 11) is 0. The number of carbonyl (C=O) groups is 1. The number of fused-ring (bicyclic) bond motifs is 1. The minimum Gasteiger partial charge on any atom is -0.489 e. The first-order valence-corrected chi connectivity index (χ1v) is 14.1. The van der Waals surface area contributed by atoms with Gasteiger partial charge < -0.3 is 14.2 Å². The number of rotatable bonds is 10. The van der Waals surface area contributed by atoms with Gasteiger partial charge in [-0.1, -0.05) is 32.4 Å². The fourth-order valence-electron chi connectivity index (χ4n) is 5.12. The molecule has 3 atom stereocenters. The van der Waals surface area contributed by atoms with Crippen molar-refractivity contribution in [1.82, 2.24) is 0 Å². The highest BCUT2D eigenvalue weighted by atomic mass is 32.1. The third-order valence-corrected chi connectivity index (χ3v) is 8.57. The highest BCUT2D eigenvalue weighted by Gasteiger charge is 2.66. The Labute approximate surface area is 237 Å². The molecule has 0 spiro atoms. The van der Waals surface area contributed by atoms with E-state index in [1.54, 1.807) is 30.3 Å². The molecule has 3 unspecified atom stereocenters. The van der Waals surface area contributed by atoms with E-state index in [1.807, 2.05) is 6.92 Å². The number of alkyl halides is 6. The second-order valence-electron chi connectivity index (χ2n) is 10.2. The van der Waals surface area contributed by atoms with Gasteiger partial charge in [0, 0.05) is 21.2 Å². The molecule has 0 amide bonds. The lowest BCUT2D eigenvalue weighted by Gasteiger charge is -2.37. The van der Waals surface area contributed by atoms with Crippen LogP contribution in [0.3, 0.4) is 0 Å². The van der Waals surface area contributed by atoms with Crippen LogP contribution in [0.5, 0.6) is 11.5 Å². The van der Waals surface area contributed by atoms with Crippen LogP contribution < -0.4 is 9.47 Å². The van der Waals surface area contributed by atoms with Gasteiger partial charge in [-0.05, 0) is 80.0 Å². The molecule has 1 aliphatic carbocycles. The molecule has 0 N–H and O–H groups in total. The molecule has 3 aromatic rings. The van der Waals surface area contributed by atoms with Gasteiger partial charge >= 0.3 is 18.5 Å². The van der Waals surface area contributed by atoms with E-state index >= 15 is 0 Å². The number of halogens is 6. The van der Waals surface area contributed by atoms with Gasteiger partial charge in [0.2, 0.25) is 0 Å². The Morgan fingerprint density at radius 2 is 1.78 bits per heavy atom. The van der Waals surface area contributed by atoms with Crippen LogP contribution in [0.2, 0.25) is 0 Å². The van der Waals surface area contributed by atoms with E-state index < -0.39 is 36.1 Å². The molecule has 11 heteroatoms. The van der Waals surface area contributed by atoms with Crippen LogP contribution in [0.4, 0.5) is 26.3 Å². The van der Waals surface area contributed by atoms with Crippen LogP contribution in [-0.2, 0) is 16.0 Å². The molecule has 41 heavy (non-hydrogen) atoms. The number of hydrogen-bond donors (Lipinski definition) is 0. The molecule has 1 fully saturated rings. The Balaban J connectivity index is 1.62. The Hall–Kier alpha value is -3.21. The monoisotopic (exact) mass is 600 g/mol. The topological polar surface area (TPSA) is 44.8 Å². The summed E-state index contributed by atoms with van der Waals surface area (Å²) in [6.45, 7) is 6.26. The van der Waals surface area contributed by atoms with Crippen LogP contribution in [0.1, 0.15) is 51.5 Å². The summed E-state index contributed by atoms with van der Waals surface area (Å²) >= 11 is 1.18. The third-order valence-electron chi connectivity index (χ3n) is 7.44. The van der Waals surface area contributed by atoms with Crippen LogP contribution >= 0.6 is 11.3 Å². The summed E-state index contributed by atoms with van der Waals surface area (Å²) < 4.78 is 98.3. The minimum absolute atomic E-state index is 0.00156. The summed E-state index contributed by atoms with van der Waals surface area (Å²) in [6.07, 6.45) is -8.17. The van der Waals surface area contributed by atoms with Crippen molar-refractivity contribution in [2.24, 2.45) is 5.41 Å². The molecule has 222 valence electrons. The third kappa shape index (κ3) is 6.82. The van der Waals surface area contributed by atoms with E-state index in [1.165, 1.54) is 23.5 Å². The lowest BCUT2D eigenvalue weighted by Crippen LogP contribution is -2.51. The molecular weight excluding hydrogens is 570 g/mol. The smallest absolute Gasteiger partial charge is 0.489 e. The summed E-state index contributed by atoms with van der Waals surface area (Å²) in [5, 5.41) is 0.685. The van der Waals surface area contributed by atoms with Gasteiger partial charge in [0.1, 0.15) is 29.1 Å². The molecule has 1 aliphatic rings. The van der Waals surface area contributed by atoms with Gasteiger partial charge in [-0.15, -0.1) is 24.5 Å². The van der Waals surface area contributed by atoms with E-state index in [9.17, 15) is 31.1 Å². The van der Waals surface area contributed by atoms with E-state index in [4.69, 9.17) is 9.47 Å². The Kier molecular flexibility index (Phi) is 8.96. The molecule has 1 aromatic heterocycles. The average molecular weight is 601 g/mol. The Bertz CT molecular complexity index is 1400. The van der Waals surface area contributed by atoms with Crippen molar-refractivity contribution < 1.29 is 45.3 Å². The molecule has 0 radical (unpaired) electrons. The number of aryl methyl sites for hydroxylation is 1. The van der Waals surface area contributed by atoms with Gasteiger partial charge in [0.15, 0.2) is 0 Å². The van der Waals surface area contributed by atoms with Crippen molar-refractivity contribution in [3.63, 3.8) is 0 Å². The minimum atomic E-state index is -4.88. The lowest BCUT2D eigenvalue weighted by atomic mass is 9.83. The number of esters is 1. The maximum atomic E-state index is 14.2. The summed E-state index contributed by atoms with van der Waals surface area (Å²) in [5.74, 6) is -1.08. The van der Waals surface area contributed by atoms with Crippen molar-refractivity contribution in [1.29, 1.82) is 0 Å². The molecule has 0 bridgehead atoms. The molecule has 0 saturated heterocycles. The molecule has 1 saturated carbocycles. The predicted molar refractivity (Wildman–Crippen MR) is 145 cm³/mol. The van der Waals surface area contributed by atoms with Crippen LogP contribution in [0.25, 0.3) is 20.5 Å². The van der Waals surface area contributed by atoms with Crippen LogP contribution in [-0.4, -0.2) is 30.7 Å². The Morgan fingerprint density at radius 1 is 1.05 bits per heavy atom. The maximum absolute atomic E-state index is 14.2. The molecule has 2 aromatic carbocycles. The largest absolute Gasteiger partial charge is 0.573 e. The summed E-state index contributed by atoms with van der Waals surface area (Å²) in [5.41, 5.74) is -1.46. The van der Waals surface area contributed by atoms with Gasteiger partial charge in [-0.2, -0.15) is 13.2 Å². The maximum Gasteiger partial charge on any atom is 0.573 e. The van der Waals surface area contributed by atoms with Crippen molar-refractivity contribution >= 4 is 27.4 Å². The van der Waals surface area contributed by atoms with E-state index in [0.717, 1.165) is 37.8 Å². The number of thiophene rings is 1. The van der Waals surface area contributed by atoms with Gasteiger partial charge in [-0.3, -0.25) is 0 Å². The first kappa shape index (κ1) is 30.7. The van der Waals surface area contributed by atoms with Crippen molar-refractivity contribution in [3.8, 4) is 21.9 Å². The zero-order valence-electron chi connectivity index (χ0n) is 22.5. The van der Waals surface area contributed by atoms with Crippen molar-refractivity contribution in [2.75, 3.05) is 0 Å². The number of ether oxygens (including phenoxy) is 3. The van der Waals surface area contributed by atoms with E-state index in [2.05, 4.69) is 11.3 Å². The van der Waals surface area contributed by atoms with E-state index in [-0.39, 0.29) is 29.9 Å². The predicted octanol–water partition coefficient (Wildman–Crippen LogP) is 9.41. The quantitative estimate of drug-likeness (QED) is 0.101. The Morgan fingerprint density at radius 3 is 2.44 bits per heavy atom. The molecular formula is C30H30F6O4S. The van der Waals surface area contributed by atoms with Crippen molar-refractivity contribution in [2.45, 2.75) is 77.1 Å². The second kappa shape index (κ2) is 12.0. The fraction of sp³-hybridized carbons (Fsp3) is 0.433. The molecule has 1 heterocycles. The SMILES string of the molecule is C=CC(=O)OC1CCC(Oc2ccc3cc(-c4ccc(CCCCC)cc4OC(F)(F)F)sc3c2)C1(C)C(F)(F)F. The average Bonchev–Trinajstić information content (AvgIpc) is 3.44. The van der Waals surface area contributed by atoms with Gasteiger partial charge in [-0.25, -0.2) is 4.79 Å². The first-order chi connectivity index (χ1) is 19.2. The zero-order chi connectivity index (χ0) is 30.0. The van der Waals surface area contributed by atoms with Gasteiger partial charge in [0.25, 0.3) is 0 Å². The standard InChI is InChI=1S/C30H30F6O4S/c1-4-6-7-8-18-9-12-21(22(15-18)40-30(34,35)36)24-16-19-10-11-20(17-23(19)41-24)38-25-13-14-26(39-27(37)5-2)28(25,3)29(31,32)33/h5,9-12,15-17,25-26H,2,4,6-8,13-14H2,1,3H3. The summed E-state index contributed by atoms with van der Waals surface area (Å²) in [4.78, 5) is 12.2. The molecule has 4 rings (SSSR count). The van der Waals surface area contributed by atoms with Crippen molar-refractivity contribution in [3.05, 3.63) is 60.7 Å². The second-order valence-corrected chi connectivity index (χ2v) is 11.3. The van der Waals surface area contributed by atoms with Crippen LogP contribution in [0.15, 0.2) is 55.1 Å². The number of carbonyl (C=O) groups excluding carboxylic acids is 1. The number of hydrogen-bond acceptors (Lipinski definition) is 5. The normalized spacial score (nSPS) is 21.2. The molecule has 4 nitrogen and oxygen atoms in total. The number of benzene rings is 2. The number of unbranched alkanes of at least 4 members (excludes halogenated alkanes) is 2. The fourth-order valence-corrected chi connectivity index (χ4v) is 6.24. The molecule has 0 aliphatic heterocycles. The first-order valence-electron chi connectivity index (χ1n) is 13.2. The zero-order valence-corrected chi connectivity index (χ0v) is 23.3. The van der Waals surface area contributed by atoms with Crippen LogP contribution in [0, 0.1) is 5.41 Å².